The monoisotopic (exact) mass is 265 g/mol. The molecular formula is C12H15N3O2S. The third-order valence-electron chi connectivity index (χ3n) is 2.42. The van der Waals surface area contributed by atoms with Crippen molar-refractivity contribution >= 4 is 33.3 Å². The van der Waals surface area contributed by atoms with Crippen LogP contribution < -0.4 is 10.6 Å². The summed E-state index contributed by atoms with van der Waals surface area (Å²) in [5, 5.41) is 7.82. The van der Waals surface area contributed by atoms with Gasteiger partial charge in [0.25, 0.3) is 0 Å². The summed E-state index contributed by atoms with van der Waals surface area (Å²) in [5.41, 5.74) is 0.949. The summed E-state index contributed by atoms with van der Waals surface area (Å²) < 4.78 is 9.16. The Bertz CT molecular complexity index is 527. The molecule has 1 amide bonds. The molecule has 0 unspecified atom stereocenters. The molecule has 0 saturated heterocycles. The smallest absolute Gasteiger partial charge is 0.239 e. The molecule has 5 nitrogen and oxygen atoms in total. The van der Waals surface area contributed by atoms with Gasteiger partial charge in [0, 0.05) is 19.0 Å². The van der Waals surface area contributed by atoms with Crippen molar-refractivity contribution in [2.75, 3.05) is 32.1 Å². The topological polar surface area (TPSA) is 63.2 Å². The Kier molecular flexibility index (Phi) is 4.49. The number of carbonyl (C=O) groups excluding carboxylic acids is 1. The zero-order valence-electron chi connectivity index (χ0n) is 10.1. The summed E-state index contributed by atoms with van der Waals surface area (Å²) in [6.07, 6.45) is 0. The molecule has 0 aliphatic heterocycles. The summed E-state index contributed by atoms with van der Waals surface area (Å²) >= 11 is 1.37. The highest BCUT2D eigenvalue weighted by molar-refractivity contribution is 7.11. The molecule has 0 radical (unpaired) electrons. The molecule has 0 saturated carbocycles. The Morgan fingerprint density at radius 3 is 3.11 bits per heavy atom. The van der Waals surface area contributed by atoms with Crippen LogP contribution in [0, 0.1) is 0 Å². The molecule has 0 aliphatic carbocycles. The fourth-order valence-corrected chi connectivity index (χ4v) is 2.29. The maximum Gasteiger partial charge on any atom is 0.239 e. The van der Waals surface area contributed by atoms with E-state index < -0.39 is 0 Å². The Labute approximate surface area is 109 Å². The lowest BCUT2D eigenvalue weighted by atomic mass is 10.2. The van der Waals surface area contributed by atoms with Crippen LogP contribution in [-0.2, 0) is 9.53 Å². The first-order valence-corrected chi connectivity index (χ1v) is 6.42. The fraction of sp³-hybridized carbons (Fsp3) is 0.333. The van der Waals surface area contributed by atoms with Crippen LogP contribution in [0.4, 0.5) is 5.00 Å². The first kappa shape index (κ1) is 12.8. The van der Waals surface area contributed by atoms with Crippen LogP contribution in [0.25, 0.3) is 10.9 Å². The van der Waals surface area contributed by atoms with Crippen LogP contribution in [0.15, 0.2) is 24.3 Å². The van der Waals surface area contributed by atoms with Crippen molar-refractivity contribution in [2.24, 2.45) is 0 Å². The quantitative estimate of drug-likeness (QED) is 0.776. The summed E-state index contributed by atoms with van der Waals surface area (Å²) in [5.74, 6) is -0.0514. The molecule has 0 atom stereocenters. The minimum atomic E-state index is -0.0514. The van der Waals surface area contributed by atoms with Crippen LogP contribution in [0.2, 0.25) is 0 Å². The van der Waals surface area contributed by atoms with Gasteiger partial charge in [-0.1, -0.05) is 12.1 Å². The van der Waals surface area contributed by atoms with Crippen LogP contribution >= 0.6 is 11.5 Å². The van der Waals surface area contributed by atoms with Gasteiger partial charge in [0.1, 0.15) is 5.00 Å². The molecule has 0 fully saturated rings. The Balaban J connectivity index is 1.88. The van der Waals surface area contributed by atoms with E-state index in [1.54, 1.807) is 7.11 Å². The highest BCUT2D eigenvalue weighted by Crippen LogP contribution is 2.26. The molecule has 0 aliphatic rings. The SMILES string of the molecule is COCCNC(=O)CNc1snc2ccccc12. The molecule has 96 valence electrons. The van der Waals surface area contributed by atoms with Crippen LogP contribution in [0.3, 0.4) is 0 Å². The van der Waals surface area contributed by atoms with Crippen molar-refractivity contribution in [1.29, 1.82) is 0 Å². The van der Waals surface area contributed by atoms with Gasteiger partial charge in [-0.2, -0.15) is 4.37 Å². The number of methoxy groups -OCH3 is 1. The molecule has 2 aromatic rings. The van der Waals surface area contributed by atoms with E-state index in [1.807, 2.05) is 24.3 Å². The first-order chi connectivity index (χ1) is 8.81. The Morgan fingerprint density at radius 2 is 2.28 bits per heavy atom. The number of nitrogens with one attached hydrogen (secondary N) is 2. The molecule has 2 rings (SSSR count). The van der Waals surface area contributed by atoms with E-state index in [4.69, 9.17) is 4.74 Å². The summed E-state index contributed by atoms with van der Waals surface area (Å²) in [7, 11) is 1.61. The number of carbonyl (C=O) groups is 1. The molecule has 6 heteroatoms. The van der Waals surface area contributed by atoms with Crippen molar-refractivity contribution in [3.8, 4) is 0 Å². The Morgan fingerprint density at radius 1 is 1.44 bits per heavy atom. The van der Waals surface area contributed by atoms with Crippen molar-refractivity contribution in [1.82, 2.24) is 9.69 Å². The lowest BCUT2D eigenvalue weighted by molar-refractivity contribution is -0.119. The zero-order valence-corrected chi connectivity index (χ0v) is 10.9. The van der Waals surface area contributed by atoms with Gasteiger partial charge in [-0.3, -0.25) is 4.79 Å². The second-order valence-electron chi connectivity index (χ2n) is 3.73. The Hall–Kier alpha value is -1.66. The molecule has 1 aromatic heterocycles. The van der Waals surface area contributed by atoms with E-state index in [-0.39, 0.29) is 12.5 Å². The largest absolute Gasteiger partial charge is 0.383 e. The van der Waals surface area contributed by atoms with Gasteiger partial charge < -0.3 is 15.4 Å². The van der Waals surface area contributed by atoms with E-state index in [1.165, 1.54) is 11.5 Å². The lowest BCUT2D eigenvalue weighted by Gasteiger charge is -2.05. The minimum Gasteiger partial charge on any atom is -0.383 e. The predicted octanol–water partition coefficient (Wildman–Crippen LogP) is 1.47. The average molecular weight is 265 g/mol. The van der Waals surface area contributed by atoms with E-state index >= 15 is 0 Å². The number of rotatable bonds is 6. The molecule has 18 heavy (non-hydrogen) atoms. The van der Waals surface area contributed by atoms with Gasteiger partial charge in [0.2, 0.25) is 5.91 Å². The molecule has 0 bridgehead atoms. The van der Waals surface area contributed by atoms with Crippen molar-refractivity contribution in [2.45, 2.75) is 0 Å². The molecular weight excluding hydrogens is 250 g/mol. The van der Waals surface area contributed by atoms with Crippen LogP contribution in [-0.4, -0.2) is 37.1 Å². The third-order valence-corrected chi connectivity index (χ3v) is 3.26. The van der Waals surface area contributed by atoms with Crippen molar-refractivity contribution < 1.29 is 9.53 Å². The first-order valence-electron chi connectivity index (χ1n) is 5.65. The number of nitrogens with zero attached hydrogens (tertiary/aromatic N) is 1. The van der Waals surface area contributed by atoms with E-state index in [0.29, 0.717) is 13.2 Å². The second kappa shape index (κ2) is 6.32. The number of anilines is 1. The molecule has 2 N–H and O–H groups in total. The van der Waals surface area contributed by atoms with Gasteiger partial charge in [-0.15, -0.1) is 0 Å². The fourth-order valence-electron chi connectivity index (χ4n) is 1.53. The highest BCUT2D eigenvalue weighted by Gasteiger charge is 2.06. The van der Waals surface area contributed by atoms with Gasteiger partial charge in [-0.25, -0.2) is 0 Å². The normalized spacial score (nSPS) is 10.5. The van der Waals surface area contributed by atoms with E-state index in [2.05, 4.69) is 15.0 Å². The summed E-state index contributed by atoms with van der Waals surface area (Å²) in [6, 6.07) is 7.85. The number of ether oxygens (including phenoxy) is 1. The highest BCUT2D eigenvalue weighted by atomic mass is 32.1. The third kappa shape index (κ3) is 3.18. The number of amides is 1. The minimum absolute atomic E-state index is 0.0514. The standard InChI is InChI=1S/C12H15N3O2S/c1-17-7-6-13-11(16)8-14-12-9-4-2-3-5-10(9)15-18-12/h2-5,14H,6-8H2,1H3,(H,13,16). The van der Waals surface area contributed by atoms with E-state index in [9.17, 15) is 4.79 Å². The van der Waals surface area contributed by atoms with Gasteiger partial charge in [-0.05, 0) is 23.7 Å². The maximum atomic E-state index is 11.5. The number of hydrogen-bond acceptors (Lipinski definition) is 5. The summed E-state index contributed by atoms with van der Waals surface area (Å²) in [6.45, 7) is 1.30. The van der Waals surface area contributed by atoms with Crippen LogP contribution in [0.5, 0.6) is 0 Å². The molecule has 1 aromatic carbocycles. The lowest BCUT2D eigenvalue weighted by Crippen LogP contribution is -2.32. The van der Waals surface area contributed by atoms with Gasteiger partial charge >= 0.3 is 0 Å². The van der Waals surface area contributed by atoms with Gasteiger partial charge in [0.15, 0.2) is 0 Å². The summed E-state index contributed by atoms with van der Waals surface area (Å²) in [4.78, 5) is 11.5. The van der Waals surface area contributed by atoms with E-state index in [0.717, 1.165) is 15.9 Å². The maximum absolute atomic E-state index is 11.5. The number of aromatic nitrogens is 1. The number of benzene rings is 1. The average Bonchev–Trinajstić information content (AvgIpc) is 2.80. The van der Waals surface area contributed by atoms with Crippen molar-refractivity contribution in [3.63, 3.8) is 0 Å². The van der Waals surface area contributed by atoms with Crippen molar-refractivity contribution in [3.05, 3.63) is 24.3 Å². The molecule has 1 heterocycles. The number of hydrogen-bond donors (Lipinski definition) is 2. The second-order valence-corrected chi connectivity index (χ2v) is 4.50. The number of fused-ring (bicyclic) bond motifs is 1. The van der Waals surface area contributed by atoms with Crippen LogP contribution in [0.1, 0.15) is 0 Å². The molecule has 0 spiro atoms. The van der Waals surface area contributed by atoms with Gasteiger partial charge in [0.05, 0.1) is 18.7 Å². The predicted molar refractivity (Wildman–Crippen MR) is 73.0 cm³/mol. The zero-order chi connectivity index (χ0) is 12.8.